The fourth-order valence-corrected chi connectivity index (χ4v) is 5.47. The zero-order chi connectivity index (χ0) is 16.7. The van der Waals surface area contributed by atoms with E-state index >= 15 is 0 Å². The molecule has 1 saturated heterocycles. The Morgan fingerprint density at radius 3 is 2.67 bits per heavy atom. The Kier molecular flexibility index (Phi) is 6.86. The van der Waals surface area contributed by atoms with Crippen LogP contribution in [0.1, 0.15) is 37.7 Å². The van der Waals surface area contributed by atoms with E-state index in [0.29, 0.717) is 5.54 Å². The molecule has 1 aromatic rings. The average Bonchev–Trinajstić information content (AvgIpc) is 3.17. The van der Waals surface area contributed by atoms with Crippen LogP contribution in [0.5, 0.6) is 0 Å². The van der Waals surface area contributed by atoms with Crippen molar-refractivity contribution in [3.8, 4) is 0 Å². The van der Waals surface area contributed by atoms with Crippen molar-refractivity contribution >= 4 is 29.1 Å². The minimum atomic E-state index is 0.333. The van der Waals surface area contributed by atoms with Crippen LogP contribution < -0.4 is 10.6 Å². The highest BCUT2D eigenvalue weighted by molar-refractivity contribution is 7.99. The second-order valence-corrected chi connectivity index (χ2v) is 8.80. The molecule has 0 aromatic carbocycles. The standard InChI is InChI=1S/C18H30N4S2/c1-19-17(20-13-16-5-10-24-14-16)21-15-18(6-3-2-4-7-18)22-8-11-23-12-9-22/h5,10,14H,2-4,6-9,11-13,15H2,1H3,(H2,19,20,21). The number of nitrogens with one attached hydrogen (secondary N) is 2. The number of aliphatic imine (C=N–C) groups is 1. The molecule has 0 unspecified atom stereocenters. The average molecular weight is 367 g/mol. The Labute approximate surface area is 154 Å². The summed E-state index contributed by atoms with van der Waals surface area (Å²) in [4.78, 5) is 7.19. The Morgan fingerprint density at radius 1 is 1.21 bits per heavy atom. The summed E-state index contributed by atoms with van der Waals surface area (Å²) in [6.45, 7) is 4.35. The van der Waals surface area contributed by atoms with Gasteiger partial charge in [-0.25, -0.2) is 0 Å². The van der Waals surface area contributed by atoms with E-state index in [2.05, 4.69) is 49.1 Å². The molecular formula is C18H30N4S2. The molecule has 0 atom stereocenters. The molecule has 2 fully saturated rings. The lowest BCUT2D eigenvalue weighted by molar-refractivity contribution is 0.0626. The third kappa shape index (κ3) is 4.67. The molecule has 0 radical (unpaired) electrons. The van der Waals surface area contributed by atoms with Gasteiger partial charge in [-0.05, 0) is 35.2 Å². The van der Waals surface area contributed by atoms with E-state index in [1.807, 2.05) is 7.05 Å². The first kappa shape index (κ1) is 18.1. The zero-order valence-electron chi connectivity index (χ0n) is 14.7. The van der Waals surface area contributed by atoms with Crippen LogP contribution in [-0.2, 0) is 6.54 Å². The molecule has 24 heavy (non-hydrogen) atoms. The van der Waals surface area contributed by atoms with E-state index in [-0.39, 0.29) is 0 Å². The predicted octanol–water partition coefficient (Wildman–Crippen LogP) is 3.16. The van der Waals surface area contributed by atoms with Crippen LogP contribution >= 0.6 is 23.1 Å². The number of nitrogens with zero attached hydrogens (tertiary/aromatic N) is 2. The predicted molar refractivity (Wildman–Crippen MR) is 107 cm³/mol. The second kappa shape index (κ2) is 9.11. The van der Waals surface area contributed by atoms with Gasteiger partial charge in [0.2, 0.25) is 0 Å². The van der Waals surface area contributed by atoms with Gasteiger partial charge >= 0.3 is 0 Å². The lowest BCUT2D eigenvalue weighted by Gasteiger charge is -2.48. The maximum absolute atomic E-state index is 4.42. The highest BCUT2D eigenvalue weighted by atomic mass is 32.2. The van der Waals surface area contributed by atoms with E-state index in [4.69, 9.17) is 0 Å². The maximum Gasteiger partial charge on any atom is 0.191 e. The molecule has 1 aliphatic carbocycles. The summed E-state index contributed by atoms with van der Waals surface area (Å²) in [5.74, 6) is 3.50. The van der Waals surface area contributed by atoms with Gasteiger partial charge < -0.3 is 10.6 Å². The summed E-state index contributed by atoms with van der Waals surface area (Å²) in [5, 5.41) is 11.4. The lowest BCUT2D eigenvalue weighted by atomic mass is 9.80. The molecule has 4 nitrogen and oxygen atoms in total. The third-order valence-corrected chi connectivity index (χ3v) is 6.99. The van der Waals surface area contributed by atoms with Crippen LogP contribution in [0.15, 0.2) is 21.8 Å². The third-order valence-electron chi connectivity index (χ3n) is 5.31. The van der Waals surface area contributed by atoms with Crippen LogP contribution in [0.4, 0.5) is 0 Å². The first-order chi connectivity index (χ1) is 11.8. The molecule has 2 aliphatic rings. The highest BCUT2D eigenvalue weighted by Crippen LogP contribution is 2.34. The summed E-state index contributed by atoms with van der Waals surface area (Å²) in [7, 11) is 1.87. The molecular weight excluding hydrogens is 336 g/mol. The molecule has 0 amide bonds. The van der Waals surface area contributed by atoms with E-state index in [0.717, 1.165) is 19.0 Å². The van der Waals surface area contributed by atoms with Gasteiger partial charge in [0.15, 0.2) is 5.96 Å². The number of hydrogen-bond acceptors (Lipinski definition) is 4. The monoisotopic (exact) mass is 366 g/mol. The number of guanidine groups is 1. The van der Waals surface area contributed by atoms with Crippen LogP contribution in [0.3, 0.4) is 0 Å². The molecule has 1 saturated carbocycles. The molecule has 1 aromatic heterocycles. The van der Waals surface area contributed by atoms with Crippen molar-refractivity contribution < 1.29 is 0 Å². The Hall–Kier alpha value is -0.720. The number of thiophene rings is 1. The summed E-state index contributed by atoms with van der Waals surface area (Å²) in [6.07, 6.45) is 6.78. The van der Waals surface area contributed by atoms with Crippen LogP contribution in [0, 0.1) is 0 Å². The summed E-state index contributed by atoms with van der Waals surface area (Å²) in [5.41, 5.74) is 1.66. The highest BCUT2D eigenvalue weighted by Gasteiger charge is 2.38. The maximum atomic E-state index is 4.42. The number of hydrogen-bond donors (Lipinski definition) is 2. The van der Waals surface area contributed by atoms with Gasteiger partial charge in [-0.3, -0.25) is 9.89 Å². The van der Waals surface area contributed by atoms with Crippen LogP contribution in [-0.4, -0.2) is 54.6 Å². The van der Waals surface area contributed by atoms with Crippen molar-refractivity contribution in [1.82, 2.24) is 15.5 Å². The smallest absolute Gasteiger partial charge is 0.191 e. The van der Waals surface area contributed by atoms with Crippen molar-refractivity contribution in [2.24, 2.45) is 4.99 Å². The topological polar surface area (TPSA) is 39.7 Å². The van der Waals surface area contributed by atoms with E-state index < -0.39 is 0 Å². The van der Waals surface area contributed by atoms with Crippen molar-refractivity contribution in [3.05, 3.63) is 22.4 Å². The Morgan fingerprint density at radius 2 is 2.00 bits per heavy atom. The SMILES string of the molecule is CN=C(NCc1ccsc1)NCC1(N2CCSCC2)CCCCC1. The molecule has 0 bridgehead atoms. The second-order valence-electron chi connectivity index (χ2n) is 6.80. The first-order valence-corrected chi connectivity index (χ1v) is 11.2. The summed E-state index contributed by atoms with van der Waals surface area (Å²) >= 11 is 3.84. The van der Waals surface area contributed by atoms with Crippen molar-refractivity contribution in [2.75, 3.05) is 38.2 Å². The van der Waals surface area contributed by atoms with Gasteiger partial charge in [0.25, 0.3) is 0 Å². The summed E-state index contributed by atoms with van der Waals surface area (Å²) < 4.78 is 0. The Balaban J connectivity index is 1.57. The van der Waals surface area contributed by atoms with Crippen LogP contribution in [0.2, 0.25) is 0 Å². The Bertz CT molecular complexity index is 503. The molecule has 2 heterocycles. The minimum Gasteiger partial charge on any atom is -0.355 e. The fourth-order valence-electron chi connectivity index (χ4n) is 3.90. The molecule has 2 N–H and O–H groups in total. The zero-order valence-corrected chi connectivity index (χ0v) is 16.4. The minimum absolute atomic E-state index is 0.333. The van der Waals surface area contributed by atoms with Gasteiger partial charge in [-0.1, -0.05) is 19.3 Å². The molecule has 3 rings (SSSR count). The van der Waals surface area contributed by atoms with Crippen molar-refractivity contribution in [3.63, 3.8) is 0 Å². The van der Waals surface area contributed by atoms with E-state index in [1.165, 1.54) is 62.3 Å². The van der Waals surface area contributed by atoms with Gasteiger partial charge in [-0.2, -0.15) is 23.1 Å². The van der Waals surface area contributed by atoms with Gasteiger partial charge in [0, 0.05) is 50.3 Å². The van der Waals surface area contributed by atoms with Crippen LogP contribution in [0.25, 0.3) is 0 Å². The van der Waals surface area contributed by atoms with Crippen molar-refractivity contribution in [1.29, 1.82) is 0 Å². The lowest BCUT2D eigenvalue weighted by Crippen LogP contribution is -2.59. The quantitative estimate of drug-likeness (QED) is 0.620. The van der Waals surface area contributed by atoms with Crippen molar-refractivity contribution in [2.45, 2.75) is 44.2 Å². The summed E-state index contributed by atoms with van der Waals surface area (Å²) in [6, 6.07) is 2.17. The van der Waals surface area contributed by atoms with E-state index in [9.17, 15) is 0 Å². The normalized spacial score (nSPS) is 22.3. The van der Waals surface area contributed by atoms with Gasteiger partial charge in [-0.15, -0.1) is 0 Å². The molecule has 134 valence electrons. The van der Waals surface area contributed by atoms with Gasteiger partial charge in [0.1, 0.15) is 0 Å². The van der Waals surface area contributed by atoms with E-state index in [1.54, 1.807) is 11.3 Å². The van der Waals surface area contributed by atoms with Gasteiger partial charge in [0.05, 0.1) is 0 Å². The first-order valence-electron chi connectivity index (χ1n) is 9.11. The number of thioether (sulfide) groups is 1. The molecule has 0 spiro atoms. The molecule has 6 heteroatoms. The largest absolute Gasteiger partial charge is 0.355 e. The fraction of sp³-hybridized carbons (Fsp3) is 0.722. The molecule has 1 aliphatic heterocycles. The number of rotatable bonds is 5.